The van der Waals surface area contributed by atoms with Crippen molar-refractivity contribution in [1.82, 2.24) is 15.2 Å². The topological polar surface area (TPSA) is 135 Å². The Morgan fingerprint density at radius 2 is 2.00 bits per heavy atom. The highest BCUT2D eigenvalue weighted by Crippen LogP contribution is 2.26. The minimum atomic E-state index is -1.40. The van der Waals surface area contributed by atoms with Crippen LogP contribution < -0.4 is 16.0 Å². The lowest BCUT2D eigenvalue weighted by Gasteiger charge is -2.36. The zero-order valence-corrected chi connectivity index (χ0v) is 21.8. The van der Waals surface area contributed by atoms with Crippen molar-refractivity contribution in [2.24, 2.45) is 5.73 Å². The highest BCUT2D eigenvalue weighted by Gasteiger charge is 2.20. The van der Waals surface area contributed by atoms with Gasteiger partial charge in [0.15, 0.2) is 12.0 Å². The Morgan fingerprint density at radius 1 is 1.18 bits per heavy atom. The summed E-state index contributed by atoms with van der Waals surface area (Å²) in [7, 11) is 0. The van der Waals surface area contributed by atoms with E-state index in [-0.39, 0.29) is 10.7 Å². The second-order valence-corrected chi connectivity index (χ2v) is 10.1. The number of nitriles is 1. The van der Waals surface area contributed by atoms with Crippen LogP contribution in [0.2, 0.25) is 0 Å². The molecule has 1 aliphatic heterocycles. The number of rotatable bonds is 9. The number of aliphatic hydroxyl groups excluding tert-OH is 1. The Kier molecular flexibility index (Phi) is 7.60. The third-order valence-corrected chi connectivity index (χ3v) is 7.29. The number of H-pyrrole nitrogens is 1. The first-order valence-electron chi connectivity index (χ1n) is 12.7. The molecule has 1 saturated heterocycles. The van der Waals surface area contributed by atoms with Crippen molar-refractivity contribution < 1.29 is 14.3 Å². The zero-order chi connectivity index (χ0) is 26.6. The number of nitrogens with zero attached hydrogens (tertiary/aromatic N) is 3. The lowest BCUT2D eigenvalue weighted by Crippen LogP contribution is -2.46. The summed E-state index contributed by atoms with van der Waals surface area (Å²) in [5.41, 5.74) is 10.1. The van der Waals surface area contributed by atoms with Crippen LogP contribution in [0.3, 0.4) is 0 Å². The molecule has 5 rings (SSSR count). The average Bonchev–Trinajstić information content (AvgIpc) is 3.54. The maximum Gasteiger partial charge on any atom is 0.289 e. The SMILES string of the molecule is N#Cc1ccc2[nH]cc(CCCCN3CCN(c4ccc5oc(C(=O)NC(O)C(N)=S)cc5c4)CC3)c2c1. The largest absolute Gasteiger partial charge is 0.451 e. The molecule has 1 fully saturated rings. The summed E-state index contributed by atoms with van der Waals surface area (Å²) in [6, 6.07) is 15.6. The van der Waals surface area contributed by atoms with Gasteiger partial charge in [0.25, 0.3) is 5.91 Å². The van der Waals surface area contributed by atoms with Gasteiger partial charge in [-0.25, -0.2) is 0 Å². The average molecular weight is 531 g/mol. The van der Waals surface area contributed by atoms with Crippen molar-refractivity contribution in [3.63, 3.8) is 0 Å². The molecule has 2 aromatic heterocycles. The number of amides is 1. The minimum Gasteiger partial charge on any atom is -0.451 e. The van der Waals surface area contributed by atoms with Gasteiger partial charge in [-0.2, -0.15) is 5.26 Å². The molecule has 1 amide bonds. The summed E-state index contributed by atoms with van der Waals surface area (Å²) in [4.78, 5) is 20.3. The third kappa shape index (κ3) is 5.65. The maximum atomic E-state index is 12.3. The van der Waals surface area contributed by atoms with Crippen LogP contribution >= 0.6 is 12.2 Å². The number of furan rings is 1. The fourth-order valence-electron chi connectivity index (χ4n) is 4.94. The summed E-state index contributed by atoms with van der Waals surface area (Å²) in [6.45, 7) is 4.91. The fraction of sp³-hybridized carbons (Fsp3) is 0.321. The number of hydrogen-bond acceptors (Lipinski definition) is 7. The number of aromatic amines is 1. The van der Waals surface area contributed by atoms with Gasteiger partial charge >= 0.3 is 0 Å². The van der Waals surface area contributed by atoms with E-state index in [1.165, 1.54) is 5.56 Å². The first kappa shape index (κ1) is 25.7. The number of carbonyl (C=O) groups is 1. The van der Waals surface area contributed by atoms with Crippen molar-refractivity contribution in [3.05, 3.63) is 65.5 Å². The summed E-state index contributed by atoms with van der Waals surface area (Å²) in [5, 5.41) is 23.1. The van der Waals surface area contributed by atoms with Gasteiger partial charge < -0.3 is 30.5 Å². The van der Waals surface area contributed by atoms with Gasteiger partial charge in [-0.15, -0.1) is 0 Å². The third-order valence-electron chi connectivity index (χ3n) is 7.07. The van der Waals surface area contributed by atoms with Crippen LogP contribution in [-0.4, -0.2) is 64.8 Å². The van der Waals surface area contributed by atoms with E-state index in [0.29, 0.717) is 11.1 Å². The van der Waals surface area contributed by atoms with E-state index >= 15 is 0 Å². The van der Waals surface area contributed by atoms with Gasteiger partial charge in [0.05, 0.1) is 11.6 Å². The minimum absolute atomic E-state index is 0.0930. The molecule has 2 aromatic carbocycles. The molecule has 1 aliphatic rings. The summed E-state index contributed by atoms with van der Waals surface area (Å²) < 4.78 is 5.64. The van der Waals surface area contributed by atoms with E-state index < -0.39 is 12.1 Å². The molecule has 1 atom stereocenters. The molecule has 0 saturated carbocycles. The van der Waals surface area contributed by atoms with Crippen molar-refractivity contribution in [1.29, 1.82) is 5.26 Å². The number of aryl methyl sites for hydroxylation is 1. The van der Waals surface area contributed by atoms with Crippen molar-refractivity contribution in [2.75, 3.05) is 37.6 Å². The van der Waals surface area contributed by atoms with Gasteiger partial charge in [-0.1, -0.05) is 12.2 Å². The number of aliphatic hydroxyl groups is 1. The number of fused-ring (bicyclic) bond motifs is 2. The van der Waals surface area contributed by atoms with Crippen LogP contribution in [0.15, 0.2) is 53.1 Å². The van der Waals surface area contributed by atoms with Crippen LogP contribution in [0.25, 0.3) is 21.9 Å². The quantitative estimate of drug-likeness (QED) is 0.147. The number of nitrogens with one attached hydrogen (secondary N) is 2. The first-order chi connectivity index (χ1) is 18.4. The van der Waals surface area contributed by atoms with Crippen LogP contribution in [0.1, 0.15) is 34.5 Å². The van der Waals surface area contributed by atoms with Gasteiger partial charge in [0, 0.05) is 54.4 Å². The number of benzene rings is 2. The van der Waals surface area contributed by atoms with E-state index in [0.717, 1.165) is 74.0 Å². The number of anilines is 1. The van der Waals surface area contributed by atoms with Crippen LogP contribution in [-0.2, 0) is 6.42 Å². The molecule has 10 heteroatoms. The van der Waals surface area contributed by atoms with Gasteiger partial charge in [0.1, 0.15) is 10.6 Å². The van der Waals surface area contributed by atoms with Crippen molar-refractivity contribution >= 4 is 50.7 Å². The molecular formula is C28H30N6O3S. The Labute approximate surface area is 225 Å². The van der Waals surface area contributed by atoms with Crippen LogP contribution in [0.5, 0.6) is 0 Å². The smallest absolute Gasteiger partial charge is 0.289 e. The Hall–Kier alpha value is -3.91. The molecule has 3 heterocycles. The molecule has 9 nitrogen and oxygen atoms in total. The molecule has 0 bridgehead atoms. The van der Waals surface area contributed by atoms with Crippen LogP contribution in [0, 0.1) is 11.3 Å². The maximum absolute atomic E-state index is 12.3. The Bertz CT molecular complexity index is 1510. The lowest BCUT2D eigenvalue weighted by atomic mass is 10.1. The molecule has 0 radical (unpaired) electrons. The highest BCUT2D eigenvalue weighted by molar-refractivity contribution is 7.80. The highest BCUT2D eigenvalue weighted by atomic mass is 32.1. The Balaban J connectivity index is 1.10. The molecule has 0 spiro atoms. The number of piperazine rings is 1. The van der Waals surface area contributed by atoms with Crippen LogP contribution in [0.4, 0.5) is 5.69 Å². The Morgan fingerprint density at radius 3 is 2.76 bits per heavy atom. The molecule has 196 valence electrons. The number of carbonyl (C=O) groups excluding carboxylic acids is 1. The molecule has 4 aromatic rings. The number of hydrogen-bond donors (Lipinski definition) is 4. The van der Waals surface area contributed by atoms with E-state index in [1.807, 2.05) is 36.4 Å². The second kappa shape index (κ2) is 11.2. The molecule has 0 aliphatic carbocycles. The van der Waals surface area contributed by atoms with E-state index in [4.69, 9.17) is 10.2 Å². The summed E-state index contributed by atoms with van der Waals surface area (Å²) in [5.74, 6) is -0.483. The van der Waals surface area contributed by atoms with E-state index in [1.54, 1.807) is 6.07 Å². The monoisotopic (exact) mass is 530 g/mol. The lowest BCUT2D eigenvalue weighted by molar-refractivity contribution is 0.0847. The van der Waals surface area contributed by atoms with Crippen molar-refractivity contribution in [2.45, 2.75) is 25.5 Å². The predicted molar refractivity (Wildman–Crippen MR) is 151 cm³/mol. The fourth-order valence-corrected chi connectivity index (χ4v) is 5.00. The number of aromatic nitrogens is 1. The van der Waals surface area contributed by atoms with Crippen molar-refractivity contribution in [3.8, 4) is 6.07 Å². The molecular weight excluding hydrogens is 500 g/mol. The predicted octanol–water partition coefficient (Wildman–Crippen LogP) is 3.26. The van der Waals surface area contributed by atoms with Gasteiger partial charge in [0.2, 0.25) is 0 Å². The summed E-state index contributed by atoms with van der Waals surface area (Å²) >= 11 is 4.68. The molecule has 1 unspecified atom stereocenters. The number of nitrogens with two attached hydrogens (primary N) is 1. The summed E-state index contributed by atoms with van der Waals surface area (Å²) in [6.07, 6.45) is 3.89. The number of thiocarbonyl (C=S) groups is 1. The molecule has 5 N–H and O–H groups in total. The van der Waals surface area contributed by atoms with Gasteiger partial charge in [-0.05, 0) is 73.8 Å². The molecule has 38 heavy (non-hydrogen) atoms. The number of unbranched alkanes of at least 4 members (excludes halogenated alkanes) is 1. The van der Waals surface area contributed by atoms with Gasteiger partial charge in [-0.3, -0.25) is 9.69 Å². The van der Waals surface area contributed by atoms with E-state index in [2.05, 4.69) is 44.6 Å². The first-order valence-corrected chi connectivity index (χ1v) is 13.1. The second-order valence-electron chi connectivity index (χ2n) is 9.58. The van der Waals surface area contributed by atoms with E-state index in [9.17, 15) is 15.2 Å². The zero-order valence-electron chi connectivity index (χ0n) is 20.9. The standard InChI is InChI=1S/C28H30N6O3S/c29-16-18-4-6-23-22(13-18)19(17-31-23)3-1-2-8-33-9-11-34(12-10-33)21-5-7-24-20(14-21)15-25(37-24)27(35)32-28(36)26(30)38/h4-7,13-15,17,28,31,36H,1-3,8-12H2,(H2,30,38)(H,32,35). The normalized spacial score (nSPS) is 15.0.